The van der Waals surface area contributed by atoms with Gasteiger partial charge in [-0.25, -0.2) is 4.79 Å². The molecule has 1 fully saturated rings. The number of hydrogen-bond donors (Lipinski definition) is 15. The number of likely N-dealkylation sites (tertiary alicyclic amines) is 1. The molecule has 1 aromatic carbocycles. The number of nitrogens with two attached hydrogens (primary N) is 5. The first-order valence-electron chi connectivity index (χ1n) is 26.5. The molecule has 2 rings (SSSR count). The molecule has 8 amide bonds. The molecule has 9 unspecified atom stereocenters. The van der Waals surface area contributed by atoms with E-state index in [2.05, 4.69) is 47.2 Å². The molecule has 0 spiro atoms. The van der Waals surface area contributed by atoms with Crippen LogP contribution in [0, 0.1) is 17.8 Å². The molecule has 1 aliphatic rings. The zero-order valence-corrected chi connectivity index (χ0v) is 46.1. The third kappa shape index (κ3) is 25.2. The molecule has 20 N–H and O–H groups in total. The summed E-state index contributed by atoms with van der Waals surface area (Å²) in [6.45, 7) is 9.93. The van der Waals surface area contributed by atoms with Crippen molar-refractivity contribution in [1.29, 1.82) is 0 Å². The molecular weight excluding hydrogens is 1030 g/mol. The molecule has 0 bridgehead atoms. The van der Waals surface area contributed by atoms with Crippen molar-refractivity contribution in [1.82, 2.24) is 42.1 Å². The number of aliphatic hydroxyl groups excluding tert-OH is 1. The fourth-order valence-electron chi connectivity index (χ4n) is 8.59. The minimum atomic E-state index is -1.74. The van der Waals surface area contributed by atoms with Crippen LogP contribution in [0.3, 0.4) is 0 Å². The second-order valence-electron chi connectivity index (χ2n) is 20.8. The van der Waals surface area contributed by atoms with Crippen molar-refractivity contribution in [3.05, 3.63) is 35.9 Å². The Morgan fingerprint density at radius 1 is 0.582 bits per heavy atom. The van der Waals surface area contributed by atoms with E-state index >= 15 is 0 Å². The van der Waals surface area contributed by atoms with Gasteiger partial charge >= 0.3 is 11.9 Å². The van der Waals surface area contributed by atoms with Crippen molar-refractivity contribution in [2.24, 2.45) is 56.4 Å². The molecule has 0 radical (unpaired) electrons. The lowest BCUT2D eigenvalue weighted by Crippen LogP contribution is -2.61. The van der Waals surface area contributed by atoms with Crippen LogP contribution in [0.25, 0.3) is 0 Å². The summed E-state index contributed by atoms with van der Waals surface area (Å²) in [5.41, 5.74) is 28.3. The highest BCUT2D eigenvalue weighted by Crippen LogP contribution is 2.21. The number of aliphatic carboxylic acids is 2. The van der Waals surface area contributed by atoms with Gasteiger partial charge in [0.05, 0.1) is 19.1 Å². The van der Waals surface area contributed by atoms with Gasteiger partial charge in [-0.15, -0.1) is 0 Å². The van der Waals surface area contributed by atoms with E-state index in [0.29, 0.717) is 12.0 Å². The summed E-state index contributed by atoms with van der Waals surface area (Å²) in [4.78, 5) is 144. The largest absolute Gasteiger partial charge is 0.481 e. The standard InChI is InChI=1S/C51H85N15O13/c1-27(2)21-31(52)41(70)64-37(25-40(68)69)48(77)66-20-12-17-39(66)47(76)59-32(15-10-18-57-50(53)54)42(71)65-38(26-67)46(75)63-36(24-30-13-8-7-9-14-30)45(74)62-35(23-29(5)6)44(73)61-34(22-28(3)4)43(72)60-33(49(78)79)16-11-19-58-51(55)56/h7-9,13-14,27-29,31-39,67H,10-12,15-26,52H2,1-6H3,(H,59,76)(H,60,72)(H,61,73)(H,62,74)(H,63,75)(H,64,70)(H,65,71)(H,68,69)(H,78,79)(H4,53,54,57)(H4,55,56,58). The Labute approximate surface area is 460 Å². The molecule has 1 saturated heterocycles. The van der Waals surface area contributed by atoms with Crippen LogP contribution in [-0.2, 0) is 54.4 Å². The van der Waals surface area contributed by atoms with Gasteiger partial charge in [0, 0.05) is 26.1 Å². The molecule has 9 atom stereocenters. The zero-order chi connectivity index (χ0) is 59.5. The van der Waals surface area contributed by atoms with E-state index in [1.807, 2.05) is 13.8 Å². The Morgan fingerprint density at radius 3 is 1.51 bits per heavy atom. The number of benzene rings is 1. The first-order valence-corrected chi connectivity index (χ1v) is 26.5. The molecule has 1 heterocycles. The van der Waals surface area contributed by atoms with Gasteiger partial charge < -0.3 is 86.1 Å². The van der Waals surface area contributed by atoms with E-state index in [1.165, 1.54) is 0 Å². The lowest BCUT2D eigenvalue weighted by Gasteiger charge is -2.30. The number of nitrogens with zero attached hydrogens (tertiary/aromatic N) is 3. The maximum Gasteiger partial charge on any atom is 0.326 e. The maximum atomic E-state index is 14.4. The predicted molar refractivity (Wildman–Crippen MR) is 292 cm³/mol. The van der Waals surface area contributed by atoms with Crippen LogP contribution in [0.5, 0.6) is 0 Å². The van der Waals surface area contributed by atoms with Gasteiger partial charge in [-0.2, -0.15) is 0 Å². The van der Waals surface area contributed by atoms with Crippen molar-refractivity contribution in [2.75, 3.05) is 26.2 Å². The van der Waals surface area contributed by atoms with Crippen LogP contribution in [-0.4, -0.2) is 172 Å². The average Bonchev–Trinajstić information content (AvgIpc) is 3.86. The van der Waals surface area contributed by atoms with E-state index in [-0.39, 0.29) is 107 Å². The number of rotatable bonds is 35. The minimum absolute atomic E-state index is 0.00110. The number of aliphatic hydroxyl groups is 1. The van der Waals surface area contributed by atoms with Gasteiger partial charge in [0.15, 0.2) is 11.9 Å². The van der Waals surface area contributed by atoms with E-state index in [9.17, 15) is 63.3 Å². The van der Waals surface area contributed by atoms with Gasteiger partial charge in [-0.3, -0.25) is 53.1 Å². The van der Waals surface area contributed by atoms with E-state index in [0.717, 1.165) is 4.90 Å². The summed E-state index contributed by atoms with van der Waals surface area (Å²) in [5.74, 6) is -10.4. The van der Waals surface area contributed by atoms with E-state index in [4.69, 9.17) is 28.7 Å². The maximum absolute atomic E-state index is 14.4. The summed E-state index contributed by atoms with van der Waals surface area (Å²) >= 11 is 0. The Balaban J connectivity index is 2.42. The van der Waals surface area contributed by atoms with Crippen molar-refractivity contribution < 1.29 is 63.3 Å². The Bertz CT molecular complexity index is 2280. The molecular formula is C51H85N15O13. The fraction of sp³-hybridized carbons (Fsp3) is 0.647. The zero-order valence-electron chi connectivity index (χ0n) is 46.1. The van der Waals surface area contributed by atoms with Crippen LogP contribution in [0.4, 0.5) is 0 Å². The molecule has 0 aliphatic carbocycles. The monoisotopic (exact) mass is 1120 g/mol. The van der Waals surface area contributed by atoms with Gasteiger partial charge in [0.25, 0.3) is 0 Å². The van der Waals surface area contributed by atoms with Crippen LogP contribution < -0.4 is 65.9 Å². The molecule has 28 nitrogen and oxygen atoms in total. The Kier molecular flexibility index (Phi) is 29.3. The predicted octanol–water partition coefficient (Wildman–Crippen LogP) is -3.26. The van der Waals surface area contributed by atoms with Crippen molar-refractivity contribution in [3.8, 4) is 0 Å². The second-order valence-corrected chi connectivity index (χ2v) is 20.8. The average molecular weight is 1120 g/mol. The summed E-state index contributed by atoms with van der Waals surface area (Å²) in [5, 5.41) is 47.9. The van der Waals surface area contributed by atoms with Gasteiger partial charge in [0.2, 0.25) is 47.3 Å². The second kappa shape index (κ2) is 34.3. The van der Waals surface area contributed by atoms with Crippen molar-refractivity contribution in [2.45, 2.75) is 167 Å². The molecule has 442 valence electrons. The molecule has 28 heteroatoms. The first kappa shape index (κ1) is 67.5. The SMILES string of the molecule is CC(C)CC(N)C(=O)NC(CC(=O)O)C(=O)N1CCCC1C(=O)NC(CCCN=C(N)N)C(=O)NC(CO)C(=O)NC(Cc1ccccc1)C(=O)NC(CC(C)C)C(=O)NC(CC(C)C)C(=O)NC(CCCN=C(N)N)C(=O)O. The van der Waals surface area contributed by atoms with Crippen LogP contribution in [0.1, 0.15) is 111 Å². The highest BCUT2D eigenvalue weighted by atomic mass is 16.4. The highest BCUT2D eigenvalue weighted by molar-refractivity contribution is 5.99. The third-order valence-corrected chi connectivity index (χ3v) is 12.4. The summed E-state index contributed by atoms with van der Waals surface area (Å²) in [6.07, 6.45) is -0.0328. The van der Waals surface area contributed by atoms with Crippen LogP contribution in [0.2, 0.25) is 0 Å². The number of carboxylic acid groups (broad SMARTS) is 2. The quantitative estimate of drug-likeness (QED) is 0.0180. The van der Waals surface area contributed by atoms with Crippen molar-refractivity contribution in [3.63, 3.8) is 0 Å². The number of carboxylic acids is 2. The smallest absolute Gasteiger partial charge is 0.326 e. The minimum Gasteiger partial charge on any atom is -0.481 e. The Morgan fingerprint density at radius 2 is 1.03 bits per heavy atom. The number of aliphatic imine (C=N–C) groups is 2. The van der Waals surface area contributed by atoms with Gasteiger partial charge in [-0.05, 0) is 81.1 Å². The number of carbonyl (C=O) groups excluding carboxylic acids is 8. The third-order valence-electron chi connectivity index (χ3n) is 12.4. The number of guanidine groups is 2. The lowest BCUT2D eigenvalue weighted by atomic mass is 9.99. The number of carbonyl (C=O) groups is 10. The lowest BCUT2D eigenvalue weighted by molar-refractivity contribution is -0.146. The number of amides is 8. The summed E-state index contributed by atoms with van der Waals surface area (Å²) in [7, 11) is 0. The summed E-state index contributed by atoms with van der Waals surface area (Å²) < 4.78 is 0. The molecule has 0 aromatic heterocycles. The topological polar surface area (TPSA) is 474 Å². The van der Waals surface area contributed by atoms with Gasteiger partial charge in [0.1, 0.15) is 48.3 Å². The summed E-state index contributed by atoms with van der Waals surface area (Å²) in [6, 6.07) is -3.90. The Hall–Kier alpha value is -7.62. The fourth-order valence-corrected chi connectivity index (χ4v) is 8.59. The van der Waals surface area contributed by atoms with E-state index in [1.54, 1.807) is 58.0 Å². The molecule has 79 heavy (non-hydrogen) atoms. The number of nitrogens with one attached hydrogen (secondary N) is 7. The van der Waals surface area contributed by atoms with Gasteiger partial charge in [-0.1, -0.05) is 71.9 Å². The van der Waals surface area contributed by atoms with Crippen molar-refractivity contribution >= 4 is 71.1 Å². The first-order chi connectivity index (χ1) is 37.1. The van der Waals surface area contributed by atoms with E-state index < -0.39 is 127 Å². The van der Waals surface area contributed by atoms with Crippen LogP contribution in [0.15, 0.2) is 40.3 Å². The highest BCUT2D eigenvalue weighted by Gasteiger charge is 2.41. The van der Waals surface area contributed by atoms with Crippen LogP contribution >= 0.6 is 0 Å². The normalized spacial score (nSPS) is 16.1. The number of hydrogen-bond acceptors (Lipinski definition) is 14. The molecule has 1 aromatic rings. The molecule has 0 saturated carbocycles. The molecule has 1 aliphatic heterocycles.